The van der Waals surface area contributed by atoms with E-state index in [0.29, 0.717) is 31.9 Å². The maximum Gasteiger partial charge on any atom is 0.292 e. The molecule has 0 atom stereocenters. The first-order valence-electron chi connectivity index (χ1n) is 9.46. The van der Waals surface area contributed by atoms with Gasteiger partial charge in [0.25, 0.3) is 5.91 Å². The number of halogens is 1. The number of nitrogens with one attached hydrogen (secondary N) is 1. The van der Waals surface area contributed by atoms with Crippen LogP contribution >= 0.6 is 0 Å². The van der Waals surface area contributed by atoms with E-state index in [1.165, 1.54) is 18.6 Å². The van der Waals surface area contributed by atoms with Gasteiger partial charge in [0, 0.05) is 32.1 Å². The van der Waals surface area contributed by atoms with Crippen molar-refractivity contribution < 1.29 is 18.4 Å². The third-order valence-corrected chi connectivity index (χ3v) is 5.27. The number of ether oxygens (including phenoxy) is 1. The van der Waals surface area contributed by atoms with E-state index in [4.69, 9.17) is 9.26 Å². The van der Waals surface area contributed by atoms with E-state index in [1.807, 2.05) is 4.90 Å². The number of carbonyl (C=O) groups excluding carboxylic acids is 1. The molecule has 0 aliphatic carbocycles. The molecule has 1 aromatic heterocycles. The summed E-state index contributed by atoms with van der Waals surface area (Å²) in [6, 6.07) is 8.19. The van der Waals surface area contributed by atoms with Crippen LogP contribution in [0.5, 0.6) is 0 Å². The molecule has 0 saturated carbocycles. The van der Waals surface area contributed by atoms with E-state index >= 15 is 0 Å². The van der Waals surface area contributed by atoms with Gasteiger partial charge in [-0.15, -0.1) is 0 Å². The molecule has 2 saturated heterocycles. The van der Waals surface area contributed by atoms with Gasteiger partial charge in [-0.3, -0.25) is 4.79 Å². The molecule has 0 bridgehead atoms. The molecule has 144 valence electrons. The number of piperidine rings is 1. The first-order valence-corrected chi connectivity index (χ1v) is 9.46. The van der Waals surface area contributed by atoms with Gasteiger partial charge in [0.15, 0.2) is 0 Å². The lowest BCUT2D eigenvalue weighted by Gasteiger charge is -2.42. The third kappa shape index (κ3) is 4.20. The molecule has 3 heterocycles. The van der Waals surface area contributed by atoms with Crippen LogP contribution in [-0.2, 0) is 17.7 Å². The zero-order valence-corrected chi connectivity index (χ0v) is 15.2. The van der Waals surface area contributed by atoms with Gasteiger partial charge in [0.2, 0.25) is 5.76 Å². The quantitative estimate of drug-likeness (QED) is 0.843. The third-order valence-electron chi connectivity index (χ3n) is 5.27. The minimum atomic E-state index is -0.242. The minimum Gasteiger partial charge on any atom is -0.377 e. The van der Waals surface area contributed by atoms with Crippen molar-refractivity contribution in [2.24, 2.45) is 0 Å². The Morgan fingerprint density at radius 2 is 1.93 bits per heavy atom. The van der Waals surface area contributed by atoms with Gasteiger partial charge in [-0.2, -0.15) is 0 Å². The molecule has 1 N–H and O–H groups in total. The van der Waals surface area contributed by atoms with Crippen LogP contribution < -0.4 is 5.32 Å². The number of nitrogens with zero attached hydrogens (tertiary/aromatic N) is 2. The second kappa shape index (κ2) is 7.78. The van der Waals surface area contributed by atoms with Crippen molar-refractivity contribution in [3.63, 3.8) is 0 Å². The Balaban J connectivity index is 1.37. The summed E-state index contributed by atoms with van der Waals surface area (Å²) in [5.74, 6) is -0.0126. The zero-order chi connectivity index (χ0) is 18.7. The second-order valence-electron chi connectivity index (χ2n) is 7.47. The van der Waals surface area contributed by atoms with Crippen molar-refractivity contribution in [2.75, 3.05) is 26.3 Å². The second-order valence-corrected chi connectivity index (χ2v) is 7.47. The maximum absolute atomic E-state index is 13.0. The number of carbonyl (C=O) groups is 1. The van der Waals surface area contributed by atoms with Gasteiger partial charge in [0.1, 0.15) is 5.82 Å². The smallest absolute Gasteiger partial charge is 0.292 e. The number of hydrogen-bond donors (Lipinski definition) is 1. The van der Waals surface area contributed by atoms with Crippen LogP contribution in [0.3, 0.4) is 0 Å². The molecule has 27 heavy (non-hydrogen) atoms. The first kappa shape index (κ1) is 18.1. The summed E-state index contributed by atoms with van der Waals surface area (Å²) in [4.78, 5) is 14.4. The van der Waals surface area contributed by atoms with Gasteiger partial charge in [-0.05, 0) is 37.0 Å². The van der Waals surface area contributed by atoms with Crippen molar-refractivity contribution in [2.45, 2.75) is 37.8 Å². The Labute approximate surface area is 157 Å². The van der Waals surface area contributed by atoms with E-state index in [1.54, 1.807) is 18.2 Å². The lowest BCUT2D eigenvalue weighted by molar-refractivity contribution is -0.0755. The van der Waals surface area contributed by atoms with Gasteiger partial charge < -0.3 is 19.5 Å². The first-order chi connectivity index (χ1) is 13.1. The summed E-state index contributed by atoms with van der Waals surface area (Å²) >= 11 is 0. The van der Waals surface area contributed by atoms with Crippen molar-refractivity contribution in [3.05, 3.63) is 53.2 Å². The molecule has 0 radical (unpaired) electrons. The Morgan fingerprint density at radius 3 is 2.59 bits per heavy atom. The van der Waals surface area contributed by atoms with Crippen molar-refractivity contribution >= 4 is 5.91 Å². The fourth-order valence-corrected chi connectivity index (χ4v) is 3.60. The van der Waals surface area contributed by atoms with Crippen molar-refractivity contribution in [1.82, 2.24) is 15.4 Å². The van der Waals surface area contributed by atoms with Crippen LogP contribution in [0.2, 0.25) is 0 Å². The number of rotatable bonds is 6. The topological polar surface area (TPSA) is 67.6 Å². The molecule has 6 nitrogen and oxygen atoms in total. The monoisotopic (exact) mass is 373 g/mol. The Kier molecular flexibility index (Phi) is 5.22. The van der Waals surface area contributed by atoms with E-state index < -0.39 is 0 Å². The highest BCUT2D eigenvalue weighted by atomic mass is 19.1. The van der Waals surface area contributed by atoms with E-state index in [2.05, 4.69) is 10.5 Å². The molecule has 2 aliphatic rings. The standard InChI is InChI=1S/C20H24FN3O3/c21-16-6-4-15(5-7-16)12-22-20(13-26-14-20)11-17-10-18(27-23-17)19(25)24-8-2-1-3-9-24/h4-7,10,22H,1-3,8-9,11-14H2. The summed E-state index contributed by atoms with van der Waals surface area (Å²) in [6.45, 7) is 3.31. The number of benzene rings is 1. The summed E-state index contributed by atoms with van der Waals surface area (Å²) in [5.41, 5.74) is 1.51. The fourth-order valence-electron chi connectivity index (χ4n) is 3.60. The maximum atomic E-state index is 13.0. The van der Waals surface area contributed by atoms with Crippen LogP contribution in [0.1, 0.15) is 41.1 Å². The summed E-state index contributed by atoms with van der Waals surface area (Å²) in [7, 11) is 0. The lowest BCUT2D eigenvalue weighted by Crippen LogP contribution is -2.61. The van der Waals surface area contributed by atoms with Gasteiger partial charge in [0.05, 0.1) is 24.4 Å². The highest BCUT2D eigenvalue weighted by Gasteiger charge is 2.39. The predicted molar refractivity (Wildman–Crippen MR) is 96.8 cm³/mol. The van der Waals surface area contributed by atoms with Crippen molar-refractivity contribution in [1.29, 1.82) is 0 Å². The molecule has 7 heteroatoms. The Hall–Kier alpha value is -2.25. The summed E-state index contributed by atoms with van der Waals surface area (Å²) in [6.07, 6.45) is 3.87. The van der Waals surface area contributed by atoms with Gasteiger partial charge in [-0.1, -0.05) is 17.3 Å². The Bertz CT molecular complexity index is 780. The fraction of sp³-hybridized carbons (Fsp3) is 0.500. The predicted octanol–water partition coefficient (Wildman–Crippen LogP) is 2.54. The van der Waals surface area contributed by atoms with Gasteiger partial charge in [-0.25, -0.2) is 4.39 Å². The number of amides is 1. The summed E-state index contributed by atoms with van der Waals surface area (Å²) in [5, 5.41) is 7.59. The van der Waals surface area contributed by atoms with Gasteiger partial charge >= 0.3 is 0 Å². The molecular formula is C20H24FN3O3. The average Bonchev–Trinajstić information content (AvgIpc) is 3.13. The van der Waals surface area contributed by atoms with E-state index in [9.17, 15) is 9.18 Å². The molecule has 2 fully saturated rings. The minimum absolute atomic E-state index is 0.0772. The molecule has 1 amide bonds. The SMILES string of the molecule is O=C(c1cc(CC2(NCc3ccc(F)cc3)COC2)no1)N1CCCCC1. The molecular weight excluding hydrogens is 349 g/mol. The zero-order valence-electron chi connectivity index (χ0n) is 15.2. The number of hydrogen-bond acceptors (Lipinski definition) is 5. The average molecular weight is 373 g/mol. The van der Waals surface area contributed by atoms with Crippen LogP contribution in [0.15, 0.2) is 34.9 Å². The summed E-state index contributed by atoms with van der Waals surface area (Å²) < 4.78 is 23.8. The van der Waals surface area contributed by atoms with Crippen LogP contribution in [0.25, 0.3) is 0 Å². The lowest BCUT2D eigenvalue weighted by atomic mass is 9.90. The molecule has 1 aromatic carbocycles. The number of likely N-dealkylation sites (tertiary alicyclic amines) is 1. The van der Waals surface area contributed by atoms with E-state index in [-0.39, 0.29) is 17.3 Å². The molecule has 2 aromatic rings. The molecule has 4 rings (SSSR count). The molecule has 0 unspecified atom stereocenters. The van der Waals surface area contributed by atoms with Crippen LogP contribution in [0, 0.1) is 5.82 Å². The molecule has 2 aliphatic heterocycles. The highest BCUT2D eigenvalue weighted by Crippen LogP contribution is 2.24. The number of aromatic nitrogens is 1. The largest absolute Gasteiger partial charge is 0.377 e. The highest BCUT2D eigenvalue weighted by molar-refractivity contribution is 5.91. The molecule has 0 spiro atoms. The van der Waals surface area contributed by atoms with Crippen molar-refractivity contribution in [3.8, 4) is 0 Å². The van der Waals surface area contributed by atoms with Crippen LogP contribution in [-0.4, -0.2) is 47.8 Å². The normalized spacial score (nSPS) is 18.9. The Morgan fingerprint density at radius 1 is 1.19 bits per heavy atom. The van der Waals surface area contributed by atoms with Crippen LogP contribution in [0.4, 0.5) is 4.39 Å². The van der Waals surface area contributed by atoms with E-state index in [0.717, 1.165) is 37.2 Å².